The van der Waals surface area contributed by atoms with E-state index in [4.69, 9.17) is 0 Å². The average molecular weight is 112 g/mol. The van der Waals surface area contributed by atoms with Crippen molar-refractivity contribution in [3.05, 3.63) is 23.6 Å². The van der Waals surface area contributed by atoms with Crippen LogP contribution in [0.3, 0.4) is 0 Å². The van der Waals surface area contributed by atoms with Gasteiger partial charge in [0.2, 0.25) is 0 Å². The lowest BCUT2D eigenvalue weighted by molar-refractivity contribution is 1.51. The maximum Gasteiger partial charge on any atom is 0.0409 e. The monoisotopic (exact) mass is 112 g/mol. The Balaban J connectivity index is 2.76. The van der Waals surface area contributed by atoms with Gasteiger partial charge in [-0.3, -0.25) is 0 Å². The predicted octanol–water partition coefficient (Wildman–Crippen LogP) is 1.72. The van der Waals surface area contributed by atoms with Crippen molar-refractivity contribution in [3.8, 4) is 0 Å². The molecule has 0 aliphatic rings. The minimum Gasteiger partial charge on any atom is -0.201 e. The molecule has 1 heterocycles. The molecule has 0 aliphatic carbocycles. The minimum atomic E-state index is 1.24. The van der Waals surface area contributed by atoms with E-state index in [1.165, 1.54) is 16.4 Å². The highest BCUT2D eigenvalue weighted by molar-refractivity contribution is 7.06. The molecular weight excluding hydrogens is 106 g/mol. The molecule has 0 aliphatic heterocycles. The third kappa shape index (κ3) is 0.996. The van der Waals surface area contributed by atoms with Gasteiger partial charge in [0.25, 0.3) is 0 Å². The first-order valence-corrected chi connectivity index (χ1v) is 2.91. The van der Waals surface area contributed by atoms with E-state index in [2.05, 4.69) is 4.37 Å². The van der Waals surface area contributed by atoms with Crippen molar-refractivity contribution in [3.63, 3.8) is 0 Å². The van der Waals surface area contributed by atoms with Gasteiger partial charge < -0.3 is 0 Å². The molecule has 2 heteroatoms. The molecular formula is C5H6NS. The second-order valence-corrected chi connectivity index (χ2v) is 2.07. The highest BCUT2D eigenvalue weighted by atomic mass is 32.1. The van der Waals surface area contributed by atoms with Crippen LogP contribution in [0.5, 0.6) is 0 Å². The fourth-order valence-corrected chi connectivity index (χ4v) is 0.845. The molecule has 0 spiro atoms. The average Bonchev–Trinajstić information content (AvgIpc) is 2.14. The van der Waals surface area contributed by atoms with E-state index >= 15 is 0 Å². The molecule has 0 atom stereocenters. The smallest absolute Gasteiger partial charge is 0.0409 e. The molecule has 1 rings (SSSR count). The van der Waals surface area contributed by atoms with Crippen LogP contribution in [-0.4, -0.2) is 4.37 Å². The number of nitrogens with zero attached hydrogens (tertiary/aromatic N) is 1. The summed E-state index contributed by atoms with van der Waals surface area (Å²) in [7, 11) is 0. The molecule has 0 saturated carbocycles. The maximum atomic E-state index is 3.90. The molecule has 0 amide bonds. The van der Waals surface area contributed by atoms with Crippen molar-refractivity contribution in [1.82, 2.24) is 4.37 Å². The van der Waals surface area contributed by atoms with Crippen molar-refractivity contribution >= 4 is 11.5 Å². The number of rotatable bonds is 1. The molecule has 1 nitrogen and oxygen atoms in total. The first-order chi connectivity index (χ1) is 3.43. The van der Waals surface area contributed by atoms with E-state index in [1.807, 2.05) is 19.4 Å². The van der Waals surface area contributed by atoms with Crippen molar-refractivity contribution in [2.24, 2.45) is 0 Å². The second-order valence-electron chi connectivity index (χ2n) is 1.20. The summed E-state index contributed by atoms with van der Waals surface area (Å²) in [6.07, 6.45) is 3.84. The molecule has 37 valence electrons. The van der Waals surface area contributed by atoms with Gasteiger partial charge in [0.05, 0.1) is 0 Å². The molecule has 0 N–H and O–H groups in total. The quantitative estimate of drug-likeness (QED) is 0.539. The van der Waals surface area contributed by atoms with Crippen LogP contribution >= 0.6 is 11.5 Å². The van der Waals surface area contributed by atoms with Gasteiger partial charge in [-0.15, -0.1) is 0 Å². The Hall–Kier alpha value is -0.370. The highest BCUT2D eigenvalue weighted by Gasteiger charge is 1.84. The Morgan fingerprint density at radius 1 is 1.86 bits per heavy atom. The molecule has 0 aromatic carbocycles. The second kappa shape index (κ2) is 2.07. The first kappa shape index (κ1) is 4.78. The number of hydrogen-bond donors (Lipinski definition) is 0. The topological polar surface area (TPSA) is 12.9 Å². The summed E-state index contributed by atoms with van der Waals surface area (Å²) in [6, 6.07) is 1.99. The van der Waals surface area contributed by atoms with Gasteiger partial charge in [0.1, 0.15) is 0 Å². The van der Waals surface area contributed by atoms with Gasteiger partial charge in [0, 0.05) is 11.1 Å². The van der Waals surface area contributed by atoms with E-state index in [1.54, 1.807) is 6.20 Å². The molecule has 0 fully saturated rings. The predicted molar refractivity (Wildman–Crippen MR) is 31.2 cm³/mol. The lowest BCUT2D eigenvalue weighted by Crippen LogP contribution is -1.58. The Morgan fingerprint density at radius 3 is 3.00 bits per heavy atom. The van der Waals surface area contributed by atoms with Gasteiger partial charge in [-0.25, -0.2) is 4.37 Å². The van der Waals surface area contributed by atoms with Gasteiger partial charge in [-0.05, 0) is 24.0 Å². The van der Waals surface area contributed by atoms with Gasteiger partial charge in [-0.1, -0.05) is 6.92 Å². The lowest BCUT2D eigenvalue weighted by Gasteiger charge is -1.75. The largest absolute Gasteiger partial charge is 0.201 e. The van der Waals surface area contributed by atoms with Crippen LogP contribution < -0.4 is 0 Å². The molecule has 1 radical (unpaired) electrons. The maximum absolute atomic E-state index is 3.90. The Labute approximate surface area is 47.2 Å². The van der Waals surface area contributed by atoms with E-state index in [0.717, 1.165) is 0 Å². The highest BCUT2D eigenvalue weighted by Crippen LogP contribution is 2.04. The molecule has 1 aromatic rings. The standard InChI is InChI=1S/C5H6NS/c1-2-5-3-4-6-7-5/h2-4H,1H3. The van der Waals surface area contributed by atoms with Crippen LogP contribution in [0.15, 0.2) is 12.3 Å². The normalized spacial score (nSPS) is 9.29. The fraction of sp³-hybridized carbons (Fsp3) is 0.200. The van der Waals surface area contributed by atoms with Crippen LogP contribution in [0.1, 0.15) is 11.8 Å². The van der Waals surface area contributed by atoms with Crippen LogP contribution in [0.25, 0.3) is 0 Å². The van der Waals surface area contributed by atoms with E-state index in [9.17, 15) is 0 Å². The third-order valence-corrected chi connectivity index (χ3v) is 1.55. The van der Waals surface area contributed by atoms with E-state index < -0.39 is 0 Å². The minimum absolute atomic E-state index is 1.24. The van der Waals surface area contributed by atoms with E-state index in [0.29, 0.717) is 0 Å². The van der Waals surface area contributed by atoms with Crippen LogP contribution in [0.2, 0.25) is 0 Å². The van der Waals surface area contributed by atoms with Crippen LogP contribution in [0.4, 0.5) is 0 Å². The molecule has 0 saturated heterocycles. The van der Waals surface area contributed by atoms with Crippen molar-refractivity contribution < 1.29 is 0 Å². The van der Waals surface area contributed by atoms with Gasteiger partial charge in [0.15, 0.2) is 0 Å². The summed E-state index contributed by atoms with van der Waals surface area (Å²) >= 11 is 1.52. The summed E-state index contributed by atoms with van der Waals surface area (Å²) in [5.74, 6) is 0. The zero-order chi connectivity index (χ0) is 5.11. The van der Waals surface area contributed by atoms with Crippen molar-refractivity contribution in [2.45, 2.75) is 6.92 Å². The molecule has 0 unspecified atom stereocenters. The van der Waals surface area contributed by atoms with Crippen molar-refractivity contribution in [1.29, 1.82) is 0 Å². The zero-order valence-electron chi connectivity index (χ0n) is 4.09. The Bertz CT molecular complexity index is 123. The van der Waals surface area contributed by atoms with E-state index in [-0.39, 0.29) is 0 Å². The molecule has 1 aromatic heterocycles. The lowest BCUT2D eigenvalue weighted by atomic mass is 10.4. The summed E-state index contributed by atoms with van der Waals surface area (Å²) in [6.45, 7) is 2.01. The number of hydrogen-bond acceptors (Lipinski definition) is 2. The first-order valence-electron chi connectivity index (χ1n) is 2.13. The molecule has 0 bridgehead atoms. The summed E-state index contributed by atoms with van der Waals surface area (Å²) in [4.78, 5) is 1.24. The fourth-order valence-electron chi connectivity index (χ4n) is 0.375. The number of aromatic nitrogens is 1. The molecule has 7 heavy (non-hydrogen) atoms. The Morgan fingerprint density at radius 2 is 2.71 bits per heavy atom. The SMILES string of the molecule is C[CH]c1ccns1. The van der Waals surface area contributed by atoms with Crippen molar-refractivity contribution in [2.75, 3.05) is 0 Å². The van der Waals surface area contributed by atoms with Gasteiger partial charge >= 0.3 is 0 Å². The van der Waals surface area contributed by atoms with Crippen LogP contribution in [-0.2, 0) is 0 Å². The third-order valence-electron chi connectivity index (χ3n) is 0.742. The van der Waals surface area contributed by atoms with Gasteiger partial charge in [-0.2, -0.15) is 0 Å². The zero-order valence-corrected chi connectivity index (χ0v) is 4.90. The Kier molecular flexibility index (Phi) is 1.42. The summed E-state index contributed by atoms with van der Waals surface area (Å²) in [5.41, 5.74) is 0. The summed E-state index contributed by atoms with van der Waals surface area (Å²) in [5, 5.41) is 0. The summed E-state index contributed by atoms with van der Waals surface area (Å²) < 4.78 is 3.90. The van der Waals surface area contributed by atoms with Crippen LogP contribution in [0, 0.1) is 6.42 Å².